The Morgan fingerprint density at radius 1 is 0.500 bits per heavy atom. The number of nitrogens with zero attached hydrogens (tertiary/aromatic N) is 4. The zero-order chi connectivity index (χ0) is 32.2. The molecule has 0 aliphatic heterocycles. The molecule has 0 radical (unpaired) electrons. The Kier molecular flexibility index (Phi) is 6.97. The molecular weight excluding hydrogens is 651 g/mol. The van der Waals surface area contributed by atoms with Gasteiger partial charge in [0.2, 0.25) is 0 Å². The number of hydrogen-bond acceptors (Lipinski definition) is 4. The zero-order valence-electron chi connectivity index (χ0n) is 26.6. The molecule has 0 atom stereocenters. The zero-order valence-corrected chi connectivity index (χ0v) is 28.3. The maximum absolute atomic E-state index is 5.54. The Morgan fingerprint density at radius 2 is 1.12 bits per heavy atom. The summed E-state index contributed by atoms with van der Waals surface area (Å²) < 4.78 is 2.56. The Bertz CT molecular complexity index is 2500. The van der Waals surface area contributed by atoms with E-state index in [2.05, 4.69) is 153 Å². The van der Waals surface area contributed by atoms with Crippen LogP contribution in [-0.4, -0.2) is 34.9 Å². The van der Waals surface area contributed by atoms with E-state index in [1.54, 1.807) is 0 Å². The van der Waals surface area contributed by atoms with Crippen molar-refractivity contribution in [2.75, 3.05) is 0 Å². The molecule has 0 N–H and O–H groups in total. The van der Waals surface area contributed by atoms with E-state index in [0.29, 0.717) is 0 Å². The Hall–Kier alpha value is -5.48. The fourth-order valence-corrected chi connectivity index (χ4v) is 9.79. The molecule has 0 spiro atoms. The van der Waals surface area contributed by atoms with Gasteiger partial charge in [0.05, 0.1) is 0 Å². The average molecular weight is 682 g/mol. The first-order chi connectivity index (χ1) is 23.7. The van der Waals surface area contributed by atoms with Gasteiger partial charge >= 0.3 is 287 Å². The van der Waals surface area contributed by atoms with Crippen LogP contribution in [0.1, 0.15) is 22.4 Å². The van der Waals surface area contributed by atoms with Crippen LogP contribution in [0.15, 0.2) is 133 Å². The van der Waals surface area contributed by atoms with Crippen molar-refractivity contribution >= 4 is 24.1 Å². The summed E-state index contributed by atoms with van der Waals surface area (Å²) in [5.74, 6) is 0. The predicted molar refractivity (Wildman–Crippen MR) is 197 cm³/mol. The van der Waals surface area contributed by atoms with Gasteiger partial charge in [-0.05, 0) is 0 Å². The standard InChI is InChI=1S/C43H30N4Se/c1-26-27(2)40(44-35-25-30-19-9-10-21-32(30)37(26)35)39-41(33-22-12-11-20-31(33)28-15-5-3-6-16-28)45-47-46-42(39)43-38(29-17-7-4-8-18-29)34-23-13-14-24-36(34)48-43/h3-24H,25H2,1-2H3. The molecular formula is C43H30N4Se. The molecule has 0 unspecified atom stereocenters. The van der Waals surface area contributed by atoms with Gasteiger partial charge in [-0.3, -0.25) is 0 Å². The van der Waals surface area contributed by atoms with E-state index in [-0.39, 0.29) is 14.5 Å². The van der Waals surface area contributed by atoms with Crippen molar-refractivity contribution in [1.82, 2.24) is 20.4 Å². The normalized spacial score (nSPS) is 11.9. The van der Waals surface area contributed by atoms with Crippen molar-refractivity contribution in [2.45, 2.75) is 20.3 Å². The molecule has 1 aliphatic rings. The monoisotopic (exact) mass is 682 g/mol. The van der Waals surface area contributed by atoms with Gasteiger partial charge in [-0.15, -0.1) is 0 Å². The summed E-state index contributed by atoms with van der Waals surface area (Å²) in [6, 6.07) is 47.2. The molecule has 48 heavy (non-hydrogen) atoms. The van der Waals surface area contributed by atoms with E-state index in [1.807, 2.05) is 0 Å². The molecule has 3 heterocycles. The van der Waals surface area contributed by atoms with Gasteiger partial charge in [-0.1, -0.05) is 0 Å². The molecule has 0 amide bonds. The Morgan fingerprint density at radius 3 is 1.92 bits per heavy atom. The summed E-state index contributed by atoms with van der Waals surface area (Å²) in [5.41, 5.74) is 16.6. The molecule has 0 saturated heterocycles. The topological polar surface area (TPSA) is 51.6 Å². The number of hydrogen-bond donors (Lipinski definition) is 0. The van der Waals surface area contributed by atoms with E-state index >= 15 is 0 Å². The fourth-order valence-electron chi connectivity index (χ4n) is 7.24. The van der Waals surface area contributed by atoms with Gasteiger partial charge < -0.3 is 0 Å². The van der Waals surface area contributed by atoms with Crippen molar-refractivity contribution in [2.24, 2.45) is 0 Å². The second-order valence-electron chi connectivity index (χ2n) is 12.3. The van der Waals surface area contributed by atoms with Crippen LogP contribution >= 0.6 is 0 Å². The predicted octanol–water partition coefficient (Wildman–Crippen LogP) is 10.00. The average Bonchev–Trinajstić information content (AvgIpc) is 3.72. The Labute approximate surface area is 285 Å². The van der Waals surface area contributed by atoms with Crippen LogP contribution in [0.4, 0.5) is 0 Å². The molecule has 0 bridgehead atoms. The first-order valence-electron chi connectivity index (χ1n) is 16.2. The van der Waals surface area contributed by atoms with Gasteiger partial charge in [-0.25, -0.2) is 0 Å². The van der Waals surface area contributed by atoms with E-state index in [4.69, 9.17) is 15.2 Å². The number of fused-ring (bicyclic) bond motifs is 4. The molecule has 1 aliphatic carbocycles. The maximum atomic E-state index is 5.54. The first-order valence-corrected chi connectivity index (χ1v) is 17.9. The van der Waals surface area contributed by atoms with Crippen LogP contribution < -0.4 is 0 Å². The van der Waals surface area contributed by atoms with Gasteiger partial charge in [0.25, 0.3) is 0 Å². The molecule has 5 heteroatoms. The first kappa shape index (κ1) is 28.7. The van der Waals surface area contributed by atoms with E-state index in [1.165, 1.54) is 47.5 Å². The molecule has 5 aromatic carbocycles. The summed E-state index contributed by atoms with van der Waals surface area (Å²) in [6.07, 6.45) is 0.810. The van der Waals surface area contributed by atoms with Crippen LogP contribution in [0.3, 0.4) is 0 Å². The minimum absolute atomic E-state index is 0.00131. The quantitative estimate of drug-likeness (QED) is 0.170. The number of aromatic nitrogens is 4. The number of pyridine rings is 1. The van der Waals surface area contributed by atoms with Crippen LogP contribution in [0.25, 0.3) is 75.7 Å². The van der Waals surface area contributed by atoms with E-state index in [9.17, 15) is 0 Å². The van der Waals surface area contributed by atoms with Crippen LogP contribution in [0.2, 0.25) is 0 Å². The summed E-state index contributed by atoms with van der Waals surface area (Å²) in [5, 5.41) is 15.6. The second-order valence-corrected chi connectivity index (χ2v) is 14.5. The Balaban J connectivity index is 1.39. The molecule has 9 rings (SSSR count). The van der Waals surface area contributed by atoms with Crippen molar-refractivity contribution in [3.63, 3.8) is 0 Å². The number of benzene rings is 5. The van der Waals surface area contributed by atoms with Crippen LogP contribution in [-0.2, 0) is 6.42 Å². The van der Waals surface area contributed by atoms with Crippen LogP contribution in [0.5, 0.6) is 0 Å². The minimum atomic E-state index is -0.00131. The van der Waals surface area contributed by atoms with E-state index < -0.39 is 0 Å². The number of rotatable bonds is 5. The van der Waals surface area contributed by atoms with Gasteiger partial charge in [0, 0.05) is 0 Å². The summed E-state index contributed by atoms with van der Waals surface area (Å²) in [4.78, 5) is 5.54. The van der Waals surface area contributed by atoms with Gasteiger partial charge in [-0.2, -0.15) is 0 Å². The van der Waals surface area contributed by atoms with Crippen molar-refractivity contribution in [1.29, 1.82) is 0 Å². The fraction of sp³-hybridized carbons (Fsp3) is 0.0698. The van der Waals surface area contributed by atoms with E-state index in [0.717, 1.165) is 57.0 Å². The van der Waals surface area contributed by atoms with Crippen molar-refractivity contribution in [3.8, 4) is 66.0 Å². The third-order valence-corrected chi connectivity index (χ3v) is 12.1. The molecule has 0 fully saturated rings. The SMILES string of the molecule is Cc1c(-c2c(-c3ccccc3-c3ccccc3)nnnc2-c2[se]c3ccccc3c2-c2ccccc2)nc2c(c1C)-c1ccccc1C2. The molecule has 4 nitrogen and oxygen atoms in total. The third kappa shape index (κ3) is 4.58. The summed E-state index contributed by atoms with van der Waals surface area (Å²) >= 11 is -0.00131. The molecule has 3 aromatic heterocycles. The second kappa shape index (κ2) is 11.6. The summed E-state index contributed by atoms with van der Waals surface area (Å²) in [6.45, 7) is 4.45. The molecule has 0 saturated carbocycles. The molecule has 8 aromatic rings. The summed E-state index contributed by atoms with van der Waals surface area (Å²) in [7, 11) is 0. The van der Waals surface area contributed by atoms with Crippen molar-refractivity contribution < 1.29 is 0 Å². The van der Waals surface area contributed by atoms with Gasteiger partial charge in [0.1, 0.15) is 0 Å². The van der Waals surface area contributed by atoms with Crippen molar-refractivity contribution in [3.05, 3.63) is 156 Å². The van der Waals surface area contributed by atoms with Crippen LogP contribution in [0, 0.1) is 13.8 Å². The third-order valence-electron chi connectivity index (χ3n) is 9.61. The van der Waals surface area contributed by atoms with Gasteiger partial charge in [0.15, 0.2) is 0 Å². The molecule has 228 valence electrons.